The molecule has 3 aromatic heterocycles. The molecule has 4 rings (SSSR count). The second-order valence-corrected chi connectivity index (χ2v) is 9.01. The van der Waals surface area contributed by atoms with Crippen LogP contribution in [0, 0.1) is 0 Å². The molecule has 0 atom stereocenters. The maximum atomic E-state index is 12.5. The Labute approximate surface area is 199 Å². The number of pyridine rings is 1. The van der Waals surface area contributed by atoms with Crippen LogP contribution in [0.2, 0.25) is 5.02 Å². The third-order valence-corrected chi connectivity index (χ3v) is 7.10. The molecule has 4 aromatic rings. The van der Waals surface area contributed by atoms with Crippen molar-refractivity contribution in [2.24, 2.45) is 0 Å². The molecule has 0 unspecified atom stereocenters. The number of hydrogen-bond acceptors (Lipinski definition) is 7. The van der Waals surface area contributed by atoms with Gasteiger partial charge < -0.3 is 4.90 Å². The first kappa shape index (κ1) is 22.4. The van der Waals surface area contributed by atoms with E-state index in [-0.39, 0.29) is 5.91 Å². The number of carbonyl (C=O) groups excluding carboxylic acids is 1. The fourth-order valence-electron chi connectivity index (χ4n) is 3.18. The van der Waals surface area contributed by atoms with Gasteiger partial charge in [-0.15, -0.1) is 21.5 Å². The summed E-state index contributed by atoms with van der Waals surface area (Å²) in [5.74, 6) is 1.20. The van der Waals surface area contributed by atoms with Crippen molar-refractivity contribution in [2.45, 2.75) is 24.8 Å². The highest BCUT2D eigenvalue weighted by Gasteiger charge is 2.20. The minimum atomic E-state index is -0.0401. The zero-order valence-electron chi connectivity index (χ0n) is 17.6. The third kappa shape index (κ3) is 4.69. The predicted octanol–water partition coefficient (Wildman–Crippen LogP) is 5.21. The number of rotatable bonds is 8. The third-order valence-electron chi connectivity index (χ3n) is 4.81. The molecule has 10 heteroatoms. The van der Waals surface area contributed by atoms with E-state index in [9.17, 15) is 4.79 Å². The number of hydrogen-bond donors (Lipinski definition) is 0. The van der Waals surface area contributed by atoms with Crippen molar-refractivity contribution in [3.63, 3.8) is 0 Å². The predicted molar refractivity (Wildman–Crippen MR) is 129 cm³/mol. The topological polar surface area (TPSA) is 76.8 Å². The fourth-order valence-corrected chi connectivity index (χ4v) is 5.13. The maximum absolute atomic E-state index is 12.5. The normalized spacial score (nSPS) is 11.0. The van der Waals surface area contributed by atoms with Crippen LogP contribution in [-0.4, -0.2) is 48.6 Å². The molecule has 0 radical (unpaired) electrons. The van der Waals surface area contributed by atoms with E-state index in [0.29, 0.717) is 40.5 Å². The van der Waals surface area contributed by atoms with Crippen LogP contribution in [0.3, 0.4) is 0 Å². The van der Waals surface area contributed by atoms with Crippen molar-refractivity contribution in [2.75, 3.05) is 13.1 Å². The van der Waals surface area contributed by atoms with Gasteiger partial charge in [0.15, 0.2) is 11.0 Å². The average Bonchev–Trinajstić information content (AvgIpc) is 3.46. The minimum Gasteiger partial charge on any atom is -0.338 e. The molecular weight excluding hydrogens is 464 g/mol. The van der Waals surface area contributed by atoms with Gasteiger partial charge in [-0.05, 0) is 38.1 Å². The van der Waals surface area contributed by atoms with Gasteiger partial charge in [0.05, 0.1) is 16.5 Å². The molecule has 0 spiro atoms. The first-order valence-corrected chi connectivity index (χ1v) is 12.3. The molecule has 0 aliphatic rings. The lowest BCUT2D eigenvalue weighted by molar-refractivity contribution is 0.0768. The Kier molecular flexibility index (Phi) is 7.19. The molecule has 7 nitrogen and oxygen atoms in total. The Bertz CT molecular complexity index is 1210. The van der Waals surface area contributed by atoms with E-state index >= 15 is 0 Å². The van der Waals surface area contributed by atoms with Crippen LogP contribution in [0.5, 0.6) is 0 Å². The van der Waals surface area contributed by atoms with Crippen molar-refractivity contribution in [3.8, 4) is 17.1 Å². The van der Waals surface area contributed by atoms with Crippen LogP contribution >= 0.6 is 34.7 Å². The van der Waals surface area contributed by atoms with Crippen molar-refractivity contribution in [1.82, 2.24) is 29.6 Å². The van der Waals surface area contributed by atoms with Gasteiger partial charge in [-0.1, -0.05) is 35.5 Å². The van der Waals surface area contributed by atoms with Gasteiger partial charge in [-0.25, -0.2) is 4.98 Å². The van der Waals surface area contributed by atoms with Gasteiger partial charge in [0.1, 0.15) is 10.7 Å². The molecule has 164 valence electrons. The van der Waals surface area contributed by atoms with Crippen molar-refractivity contribution < 1.29 is 4.79 Å². The van der Waals surface area contributed by atoms with Gasteiger partial charge >= 0.3 is 0 Å². The lowest BCUT2D eigenvalue weighted by Crippen LogP contribution is -2.30. The summed E-state index contributed by atoms with van der Waals surface area (Å²) in [6.07, 6.45) is 3.44. The number of carbonyl (C=O) groups is 1. The second-order valence-electron chi connectivity index (χ2n) is 6.72. The number of halogens is 1. The van der Waals surface area contributed by atoms with E-state index in [1.165, 1.54) is 23.1 Å². The molecule has 1 aromatic carbocycles. The molecule has 0 saturated carbocycles. The zero-order valence-corrected chi connectivity index (χ0v) is 20.0. The molecule has 0 saturated heterocycles. The van der Waals surface area contributed by atoms with Crippen molar-refractivity contribution in [3.05, 3.63) is 69.9 Å². The Hall–Kier alpha value is -2.75. The summed E-state index contributed by atoms with van der Waals surface area (Å²) in [5.41, 5.74) is 2.17. The van der Waals surface area contributed by atoms with E-state index in [0.717, 1.165) is 16.3 Å². The van der Waals surface area contributed by atoms with Gasteiger partial charge in [0.25, 0.3) is 5.91 Å². The summed E-state index contributed by atoms with van der Waals surface area (Å²) in [5, 5.41) is 12.8. The summed E-state index contributed by atoms with van der Waals surface area (Å²) >= 11 is 9.48. The molecular formula is C22H21ClN6OS2. The molecule has 0 aliphatic carbocycles. The number of amides is 1. The summed E-state index contributed by atoms with van der Waals surface area (Å²) in [6, 6.07) is 11.4. The average molecular weight is 485 g/mol. The smallest absolute Gasteiger partial charge is 0.273 e. The summed E-state index contributed by atoms with van der Waals surface area (Å²) in [6.45, 7) is 5.25. The Morgan fingerprint density at radius 2 is 1.88 bits per heavy atom. The molecule has 1 amide bonds. The van der Waals surface area contributed by atoms with Gasteiger partial charge in [0.2, 0.25) is 0 Å². The zero-order chi connectivity index (χ0) is 22.5. The van der Waals surface area contributed by atoms with Crippen LogP contribution in [-0.2, 0) is 5.75 Å². The lowest BCUT2D eigenvalue weighted by Gasteiger charge is -2.16. The van der Waals surface area contributed by atoms with E-state index in [4.69, 9.17) is 11.6 Å². The Morgan fingerprint density at radius 3 is 2.59 bits per heavy atom. The molecule has 32 heavy (non-hydrogen) atoms. The fraction of sp³-hybridized carbons (Fsp3) is 0.227. The van der Waals surface area contributed by atoms with Gasteiger partial charge in [0, 0.05) is 36.4 Å². The molecule has 0 N–H and O–H groups in total. The van der Waals surface area contributed by atoms with Gasteiger partial charge in [-0.3, -0.25) is 14.3 Å². The van der Waals surface area contributed by atoms with Gasteiger partial charge in [-0.2, -0.15) is 0 Å². The highest BCUT2D eigenvalue weighted by atomic mass is 35.5. The number of aromatic nitrogens is 5. The number of thiazole rings is 1. The highest BCUT2D eigenvalue weighted by molar-refractivity contribution is 7.98. The highest BCUT2D eigenvalue weighted by Crippen LogP contribution is 2.32. The van der Waals surface area contributed by atoms with E-state index < -0.39 is 0 Å². The lowest BCUT2D eigenvalue weighted by atomic mass is 10.2. The van der Waals surface area contributed by atoms with E-state index in [2.05, 4.69) is 20.2 Å². The quantitative estimate of drug-likeness (QED) is 0.319. The summed E-state index contributed by atoms with van der Waals surface area (Å²) in [7, 11) is 0. The molecule has 0 bridgehead atoms. The molecule has 3 heterocycles. The Balaban J connectivity index is 1.62. The van der Waals surface area contributed by atoms with Crippen LogP contribution in [0.4, 0.5) is 0 Å². The standard InChI is InChI=1S/C22H21ClN6OS2/c1-3-28(4-2)21(30)17-13-31-19(25-17)14-32-22-27-26-20(15-9-11-24-12-10-15)29(22)18-8-6-5-7-16(18)23/h5-13H,3-4,14H2,1-2H3. The number of para-hydroxylation sites is 1. The molecule has 0 aliphatic heterocycles. The Morgan fingerprint density at radius 1 is 1.12 bits per heavy atom. The van der Waals surface area contributed by atoms with Crippen LogP contribution in [0.15, 0.2) is 59.3 Å². The minimum absolute atomic E-state index is 0.0401. The SMILES string of the molecule is CCN(CC)C(=O)c1csc(CSc2nnc(-c3ccncc3)n2-c2ccccc2Cl)n1. The van der Waals surface area contributed by atoms with Crippen molar-refractivity contribution >= 4 is 40.6 Å². The number of nitrogens with zero attached hydrogens (tertiary/aromatic N) is 6. The van der Waals surface area contributed by atoms with E-state index in [1.54, 1.807) is 17.3 Å². The first-order valence-electron chi connectivity index (χ1n) is 10.1. The number of benzene rings is 1. The van der Waals surface area contributed by atoms with E-state index in [1.807, 2.05) is 60.2 Å². The molecule has 0 fully saturated rings. The first-order chi connectivity index (χ1) is 15.6. The summed E-state index contributed by atoms with van der Waals surface area (Å²) < 4.78 is 1.94. The van der Waals surface area contributed by atoms with Crippen LogP contribution < -0.4 is 0 Å². The largest absolute Gasteiger partial charge is 0.338 e. The second kappa shape index (κ2) is 10.2. The summed E-state index contributed by atoms with van der Waals surface area (Å²) in [4.78, 5) is 22.9. The van der Waals surface area contributed by atoms with Crippen molar-refractivity contribution in [1.29, 1.82) is 0 Å². The maximum Gasteiger partial charge on any atom is 0.273 e. The monoisotopic (exact) mass is 484 g/mol. The number of thioether (sulfide) groups is 1. The van der Waals surface area contributed by atoms with Crippen LogP contribution in [0.1, 0.15) is 29.3 Å². The van der Waals surface area contributed by atoms with Crippen LogP contribution in [0.25, 0.3) is 17.1 Å².